The maximum atomic E-state index is 13.8. The van der Waals surface area contributed by atoms with E-state index in [0.717, 1.165) is 66.9 Å². The molecule has 3 aromatic rings. The van der Waals surface area contributed by atoms with Crippen molar-refractivity contribution in [3.63, 3.8) is 0 Å². The van der Waals surface area contributed by atoms with Crippen LogP contribution in [0.2, 0.25) is 5.02 Å². The highest BCUT2D eigenvalue weighted by Gasteiger charge is 2.47. The van der Waals surface area contributed by atoms with Gasteiger partial charge in [0.2, 0.25) is 5.91 Å². The van der Waals surface area contributed by atoms with E-state index < -0.39 is 6.03 Å². The molecule has 3 atom stereocenters. The number of aromatic nitrogens is 1. The molecule has 4 aliphatic rings. The minimum Gasteiger partial charge on any atom is -0.497 e. The molecule has 202 valence electrons. The fourth-order valence-electron chi connectivity index (χ4n) is 6.94. The Morgan fingerprint density at radius 3 is 2.79 bits per heavy atom. The second kappa shape index (κ2) is 9.38. The van der Waals surface area contributed by atoms with Gasteiger partial charge in [0, 0.05) is 58.8 Å². The maximum absolute atomic E-state index is 13.8. The Morgan fingerprint density at radius 2 is 2.00 bits per heavy atom. The first-order valence-electron chi connectivity index (χ1n) is 13.6. The molecule has 1 spiro atoms. The Labute approximate surface area is 232 Å². The first kappa shape index (κ1) is 24.7. The molecule has 1 saturated carbocycles. The van der Waals surface area contributed by atoms with E-state index in [1.54, 1.807) is 19.5 Å². The van der Waals surface area contributed by atoms with E-state index in [-0.39, 0.29) is 29.2 Å². The van der Waals surface area contributed by atoms with Crippen LogP contribution in [-0.4, -0.2) is 56.4 Å². The van der Waals surface area contributed by atoms with Crippen LogP contribution in [0.5, 0.6) is 5.75 Å². The van der Waals surface area contributed by atoms with Crippen LogP contribution in [0, 0.1) is 11.3 Å². The van der Waals surface area contributed by atoms with Gasteiger partial charge in [-0.15, -0.1) is 0 Å². The number of pyridine rings is 1. The van der Waals surface area contributed by atoms with Crippen LogP contribution in [0.1, 0.15) is 37.2 Å². The molecule has 1 aromatic heterocycles. The average molecular weight is 547 g/mol. The van der Waals surface area contributed by atoms with Gasteiger partial charge in [0.05, 0.1) is 31.5 Å². The lowest BCUT2D eigenvalue weighted by molar-refractivity contribution is -0.124. The van der Waals surface area contributed by atoms with Gasteiger partial charge in [0.15, 0.2) is 0 Å². The van der Waals surface area contributed by atoms with Crippen LogP contribution in [0.15, 0.2) is 48.8 Å². The fourth-order valence-corrected chi connectivity index (χ4v) is 7.22. The molecule has 39 heavy (non-hydrogen) atoms. The molecule has 0 radical (unpaired) electrons. The highest BCUT2D eigenvalue weighted by molar-refractivity contribution is 6.31. The molecule has 3 aliphatic heterocycles. The number of fused-ring (bicyclic) bond motifs is 2. The number of carbonyl (C=O) groups excluding carboxylic acids is 2. The van der Waals surface area contributed by atoms with Crippen LogP contribution >= 0.6 is 11.6 Å². The van der Waals surface area contributed by atoms with Crippen molar-refractivity contribution >= 4 is 45.7 Å². The van der Waals surface area contributed by atoms with Crippen molar-refractivity contribution in [1.29, 1.82) is 0 Å². The summed E-state index contributed by atoms with van der Waals surface area (Å²) in [5.74, 6) is 0.434. The van der Waals surface area contributed by atoms with Crippen molar-refractivity contribution in [2.45, 2.75) is 37.6 Å². The summed E-state index contributed by atoms with van der Waals surface area (Å²) in [5, 5.41) is 5.57. The lowest BCUT2D eigenvalue weighted by atomic mass is 9.74. The number of halogens is 1. The second-order valence-corrected chi connectivity index (χ2v) is 11.9. The minimum atomic E-state index is -0.399. The Kier molecular flexibility index (Phi) is 5.93. The largest absolute Gasteiger partial charge is 0.497 e. The van der Waals surface area contributed by atoms with Gasteiger partial charge in [-0.3, -0.25) is 9.78 Å². The van der Waals surface area contributed by atoms with Crippen LogP contribution in [-0.2, 0) is 9.53 Å². The molecule has 3 amide bonds. The lowest BCUT2D eigenvalue weighted by Gasteiger charge is -2.48. The number of carbonyl (C=O) groups is 2. The average Bonchev–Trinajstić information content (AvgIpc) is 3.43. The number of hydrogen-bond acceptors (Lipinski definition) is 6. The van der Waals surface area contributed by atoms with Crippen LogP contribution in [0.4, 0.5) is 16.2 Å². The standard InChI is InChI=1S/C30H31ClN4O4/c1-38-21-5-7-25(31)23(12-21)18-3-6-22-26(10-18)33-29(37)35(28(22)36)27-14-32-13-19-2-4-20(11-24(19)27)34-15-30(16-34)8-9-39-17-30/h2,4-5,7,11-14,18,22,26H,3,6,8-10,15-17H2,1H3,(H,33,37). The molecule has 8 nitrogen and oxygen atoms in total. The van der Waals surface area contributed by atoms with Crippen LogP contribution in [0.3, 0.4) is 0 Å². The molecule has 9 heteroatoms. The Morgan fingerprint density at radius 1 is 1.13 bits per heavy atom. The van der Waals surface area contributed by atoms with Gasteiger partial charge in [-0.1, -0.05) is 17.7 Å². The SMILES string of the molecule is COc1ccc(Cl)c(C2CCC3C(=O)N(c4cncc5ccc(N6CC7(CCOC7)C6)cc45)C(=O)NC3C2)c1. The third-order valence-electron chi connectivity index (χ3n) is 9.11. The number of ether oxygens (including phenoxy) is 2. The first-order chi connectivity index (χ1) is 18.9. The van der Waals surface area contributed by atoms with Gasteiger partial charge < -0.3 is 19.7 Å². The summed E-state index contributed by atoms with van der Waals surface area (Å²) in [7, 11) is 1.63. The Balaban J connectivity index is 1.14. The first-order valence-corrected chi connectivity index (χ1v) is 14.0. The number of benzene rings is 2. The van der Waals surface area contributed by atoms with Crippen LogP contribution in [0.25, 0.3) is 10.8 Å². The smallest absolute Gasteiger partial charge is 0.329 e. The van der Waals surface area contributed by atoms with Gasteiger partial charge >= 0.3 is 6.03 Å². The molecule has 4 fully saturated rings. The minimum absolute atomic E-state index is 0.139. The van der Waals surface area contributed by atoms with Crippen molar-refractivity contribution in [1.82, 2.24) is 10.3 Å². The molecule has 3 saturated heterocycles. The molecule has 7 rings (SSSR count). The number of imide groups is 1. The number of anilines is 2. The number of methoxy groups -OCH3 is 1. The monoisotopic (exact) mass is 546 g/mol. The van der Waals surface area contributed by atoms with E-state index in [4.69, 9.17) is 21.1 Å². The Bertz CT molecular complexity index is 1460. The molecule has 1 N–H and O–H groups in total. The van der Waals surface area contributed by atoms with Crippen molar-refractivity contribution in [3.05, 3.63) is 59.4 Å². The topological polar surface area (TPSA) is 84.0 Å². The summed E-state index contributed by atoms with van der Waals surface area (Å²) in [5.41, 5.74) is 2.89. The third-order valence-corrected chi connectivity index (χ3v) is 9.45. The zero-order valence-electron chi connectivity index (χ0n) is 21.9. The zero-order chi connectivity index (χ0) is 26.7. The predicted octanol–water partition coefficient (Wildman–Crippen LogP) is 5.13. The van der Waals surface area contributed by atoms with Crippen molar-refractivity contribution in [3.8, 4) is 5.75 Å². The molecule has 2 aromatic carbocycles. The van der Waals surface area contributed by atoms with E-state index in [0.29, 0.717) is 23.6 Å². The summed E-state index contributed by atoms with van der Waals surface area (Å²) in [6.07, 6.45) is 6.64. The normalized spacial score (nSPS) is 25.9. The predicted molar refractivity (Wildman–Crippen MR) is 150 cm³/mol. The lowest BCUT2D eigenvalue weighted by Crippen LogP contribution is -2.61. The third kappa shape index (κ3) is 4.12. The second-order valence-electron chi connectivity index (χ2n) is 11.5. The van der Waals surface area contributed by atoms with Gasteiger partial charge in [0.1, 0.15) is 5.75 Å². The maximum Gasteiger partial charge on any atom is 0.329 e. The molecule has 0 bridgehead atoms. The van der Waals surface area contributed by atoms with Crippen molar-refractivity contribution < 1.29 is 19.1 Å². The summed E-state index contributed by atoms with van der Waals surface area (Å²) in [6, 6.07) is 11.2. The zero-order valence-corrected chi connectivity index (χ0v) is 22.6. The highest BCUT2D eigenvalue weighted by Crippen LogP contribution is 2.44. The summed E-state index contributed by atoms with van der Waals surface area (Å²) < 4.78 is 11.0. The Hall–Kier alpha value is -3.36. The van der Waals surface area contributed by atoms with Gasteiger partial charge in [-0.25, -0.2) is 9.69 Å². The highest BCUT2D eigenvalue weighted by atomic mass is 35.5. The molecule has 1 aliphatic carbocycles. The van der Waals surface area contributed by atoms with Crippen molar-refractivity contribution in [2.75, 3.05) is 43.2 Å². The number of rotatable bonds is 4. The molecular weight excluding hydrogens is 516 g/mol. The van der Waals surface area contributed by atoms with Crippen molar-refractivity contribution in [2.24, 2.45) is 11.3 Å². The van der Waals surface area contributed by atoms with Gasteiger partial charge in [-0.05, 0) is 67.5 Å². The molecule has 3 unspecified atom stereocenters. The van der Waals surface area contributed by atoms with E-state index in [9.17, 15) is 9.59 Å². The molecular formula is C30H31ClN4O4. The van der Waals surface area contributed by atoms with E-state index >= 15 is 0 Å². The van der Waals surface area contributed by atoms with E-state index in [2.05, 4.69) is 27.3 Å². The number of nitrogens with one attached hydrogen (secondary N) is 1. The number of urea groups is 1. The number of hydrogen-bond donors (Lipinski definition) is 1. The fraction of sp³-hybridized carbons (Fsp3) is 0.433. The van der Waals surface area contributed by atoms with E-state index in [1.165, 1.54) is 4.90 Å². The van der Waals surface area contributed by atoms with Gasteiger partial charge in [0.25, 0.3) is 0 Å². The van der Waals surface area contributed by atoms with Gasteiger partial charge in [-0.2, -0.15) is 0 Å². The summed E-state index contributed by atoms with van der Waals surface area (Å²) in [6.45, 7) is 3.58. The quantitative estimate of drug-likeness (QED) is 0.488. The summed E-state index contributed by atoms with van der Waals surface area (Å²) in [4.78, 5) is 35.3. The molecule has 4 heterocycles. The number of amides is 3. The van der Waals surface area contributed by atoms with E-state index in [1.807, 2.05) is 24.3 Å². The number of nitrogens with zero attached hydrogens (tertiary/aromatic N) is 3. The van der Waals surface area contributed by atoms with Crippen LogP contribution < -0.4 is 19.9 Å². The summed E-state index contributed by atoms with van der Waals surface area (Å²) >= 11 is 6.53.